The highest BCUT2D eigenvalue weighted by atomic mass is 19.4. The van der Waals surface area contributed by atoms with Crippen LogP contribution in [0.2, 0.25) is 0 Å². The van der Waals surface area contributed by atoms with Crippen molar-refractivity contribution in [1.82, 2.24) is 9.78 Å². The van der Waals surface area contributed by atoms with Crippen LogP contribution in [0.25, 0.3) is 0 Å². The minimum absolute atomic E-state index is 0.202. The van der Waals surface area contributed by atoms with E-state index in [2.05, 4.69) is 5.10 Å². The lowest BCUT2D eigenvalue weighted by atomic mass is 9.81. The van der Waals surface area contributed by atoms with E-state index in [1.165, 1.54) is 17.9 Å². The first-order chi connectivity index (χ1) is 7.18. The maximum absolute atomic E-state index is 12.7. The third-order valence-electron chi connectivity index (χ3n) is 2.60. The molecule has 0 aliphatic rings. The van der Waals surface area contributed by atoms with Crippen molar-refractivity contribution < 1.29 is 13.2 Å². The molecule has 0 saturated heterocycles. The van der Waals surface area contributed by atoms with Gasteiger partial charge in [-0.15, -0.1) is 0 Å². The Kier molecular flexibility index (Phi) is 3.33. The summed E-state index contributed by atoms with van der Waals surface area (Å²) >= 11 is 0. The molecule has 0 aliphatic carbocycles. The monoisotopic (exact) mass is 235 g/mol. The van der Waals surface area contributed by atoms with Gasteiger partial charge in [0.1, 0.15) is 0 Å². The normalized spacial score (nSPS) is 13.2. The van der Waals surface area contributed by atoms with Crippen molar-refractivity contribution >= 4 is 0 Å². The molecule has 0 aromatic carbocycles. The lowest BCUT2D eigenvalue weighted by Gasteiger charge is -2.24. The number of nitrogens with zero attached hydrogens (tertiary/aromatic N) is 2. The fraction of sp³-hybridized carbons (Fsp3) is 0.700. The Morgan fingerprint density at radius 2 is 1.94 bits per heavy atom. The predicted molar refractivity (Wildman–Crippen MR) is 54.9 cm³/mol. The second-order valence-corrected chi connectivity index (χ2v) is 4.49. The topological polar surface area (TPSA) is 43.8 Å². The zero-order chi connectivity index (χ0) is 12.6. The average Bonchev–Trinajstić information content (AvgIpc) is 2.46. The van der Waals surface area contributed by atoms with Crippen LogP contribution in [0.15, 0.2) is 6.20 Å². The zero-order valence-electron chi connectivity index (χ0n) is 9.60. The highest BCUT2D eigenvalue weighted by molar-refractivity contribution is 5.28. The second-order valence-electron chi connectivity index (χ2n) is 4.49. The molecule has 0 saturated carbocycles. The van der Waals surface area contributed by atoms with E-state index in [1.54, 1.807) is 13.8 Å². The summed E-state index contributed by atoms with van der Waals surface area (Å²) in [7, 11) is 1.48. The molecule has 0 unspecified atom stereocenters. The van der Waals surface area contributed by atoms with Crippen molar-refractivity contribution in [2.24, 2.45) is 12.8 Å². The van der Waals surface area contributed by atoms with Crippen LogP contribution in [-0.4, -0.2) is 16.3 Å². The first kappa shape index (κ1) is 13.0. The highest BCUT2D eigenvalue weighted by Gasteiger charge is 2.40. The lowest BCUT2D eigenvalue weighted by molar-refractivity contribution is -0.142. The number of aryl methyl sites for hydroxylation is 1. The molecule has 0 amide bonds. The van der Waals surface area contributed by atoms with Crippen LogP contribution in [0.1, 0.15) is 31.5 Å². The first-order valence-electron chi connectivity index (χ1n) is 5.00. The summed E-state index contributed by atoms with van der Waals surface area (Å²) in [5.74, 6) is 0. The van der Waals surface area contributed by atoms with Crippen molar-refractivity contribution in [2.45, 2.75) is 31.9 Å². The van der Waals surface area contributed by atoms with Gasteiger partial charge in [0.15, 0.2) is 5.69 Å². The summed E-state index contributed by atoms with van der Waals surface area (Å²) in [5, 5.41) is 3.48. The van der Waals surface area contributed by atoms with Gasteiger partial charge in [0.25, 0.3) is 0 Å². The van der Waals surface area contributed by atoms with Crippen molar-refractivity contribution in [3.63, 3.8) is 0 Å². The summed E-state index contributed by atoms with van der Waals surface area (Å²) in [6, 6.07) is 0. The van der Waals surface area contributed by atoms with E-state index in [1.807, 2.05) is 0 Å². The van der Waals surface area contributed by atoms with Gasteiger partial charge in [0.05, 0.1) is 0 Å². The average molecular weight is 235 g/mol. The summed E-state index contributed by atoms with van der Waals surface area (Å²) in [6.45, 7) is 3.83. The molecule has 16 heavy (non-hydrogen) atoms. The van der Waals surface area contributed by atoms with Crippen LogP contribution in [0.4, 0.5) is 13.2 Å². The van der Waals surface area contributed by atoms with E-state index in [4.69, 9.17) is 5.73 Å². The molecule has 0 spiro atoms. The van der Waals surface area contributed by atoms with Crippen molar-refractivity contribution in [3.05, 3.63) is 17.5 Å². The summed E-state index contributed by atoms with van der Waals surface area (Å²) < 4.78 is 39.4. The van der Waals surface area contributed by atoms with Crippen LogP contribution in [0.5, 0.6) is 0 Å². The van der Waals surface area contributed by atoms with Crippen molar-refractivity contribution in [1.29, 1.82) is 0 Å². The molecule has 1 heterocycles. The number of hydrogen-bond acceptors (Lipinski definition) is 2. The molecular weight excluding hydrogens is 219 g/mol. The van der Waals surface area contributed by atoms with Gasteiger partial charge >= 0.3 is 6.18 Å². The molecule has 1 aromatic rings. The Labute approximate surface area is 92.4 Å². The molecule has 0 radical (unpaired) electrons. The third-order valence-corrected chi connectivity index (χ3v) is 2.60. The standard InChI is InChI=1S/C10H16F3N3/c1-9(2,4-5-14)7-6-16(3)15-8(7)10(11,12)13/h6H,4-5,14H2,1-3H3. The van der Waals surface area contributed by atoms with E-state index in [0.29, 0.717) is 13.0 Å². The molecule has 0 fully saturated rings. The Balaban J connectivity index is 3.23. The van der Waals surface area contributed by atoms with Gasteiger partial charge in [-0.3, -0.25) is 4.68 Å². The van der Waals surface area contributed by atoms with Gasteiger partial charge in [-0.1, -0.05) is 13.8 Å². The number of aromatic nitrogens is 2. The molecule has 0 atom stereocenters. The summed E-state index contributed by atoms with van der Waals surface area (Å²) in [6.07, 6.45) is -2.51. The largest absolute Gasteiger partial charge is 0.435 e. The van der Waals surface area contributed by atoms with Gasteiger partial charge in [0, 0.05) is 18.8 Å². The Hall–Kier alpha value is -1.04. The SMILES string of the molecule is Cn1cc(C(C)(C)CCN)c(C(F)(F)F)n1. The van der Waals surface area contributed by atoms with E-state index in [-0.39, 0.29) is 5.56 Å². The number of halogens is 3. The zero-order valence-corrected chi connectivity index (χ0v) is 9.60. The molecule has 6 heteroatoms. The molecular formula is C10H16F3N3. The smallest absolute Gasteiger partial charge is 0.330 e. The van der Waals surface area contributed by atoms with Crippen LogP contribution in [0, 0.1) is 0 Å². The lowest BCUT2D eigenvalue weighted by Crippen LogP contribution is -2.24. The molecule has 2 N–H and O–H groups in total. The van der Waals surface area contributed by atoms with Crippen molar-refractivity contribution in [3.8, 4) is 0 Å². The Morgan fingerprint density at radius 3 is 2.38 bits per heavy atom. The molecule has 0 bridgehead atoms. The Morgan fingerprint density at radius 1 is 1.38 bits per heavy atom. The Bertz CT molecular complexity index is 366. The van der Waals surface area contributed by atoms with E-state index < -0.39 is 17.3 Å². The van der Waals surface area contributed by atoms with Crippen molar-refractivity contribution in [2.75, 3.05) is 6.54 Å². The molecule has 3 nitrogen and oxygen atoms in total. The fourth-order valence-corrected chi connectivity index (χ4v) is 1.69. The second kappa shape index (κ2) is 4.08. The van der Waals surface area contributed by atoms with Gasteiger partial charge in [-0.05, 0) is 18.4 Å². The molecule has 92 valence electrons. The minimum atomic E-state index is -4.41. The first-order valence-corrected chi connectivity index (χ1v) is 5.00. The van der Waals surface area contributed by atoms with E-state index in [0.717, 1.165) is 0 Å². The van der Waals surface area contributed by atoms with Gasteiger partial charge in [-0.2, -0.15) is 18.3 Å². The van der Waals surface area contributed by atoms with Crippen LogP contribution < -0.4 is 5.73 Å². The molecule has 1 rings (SSSR count). The number of hydrogen-bond donors (Lipinski definition) is 1. The quantitative estimate of drug-likeness (QED) is 0.871. The number of nitrogens with two attached hydrogens (primary N) is 1. The van der Waals surface area contributed by atoms with Gasteiger partial charge < -0.3 is 5.73 Å². The summed E-state index contributed by atoms with van der Waals surface area (Å²) in [5.41, 5.74) is 4.18. The van der Waals surface area contributed by atoms with E-state index in [9.17, 15) is 13.2 Å². The molecule has 0 aliphatic heterocycles. The van der Waals surface area contributed by atoms with Gasteiger partial charge in [0.2, 0.25) is 0 Å². The number of rotatable bonds is 3. The maximum Gasteiger partial charge on any atom is 0.435 e. The molecule has 1 aromatic heterocycles. The van der Waals surface area contributed by atoms with Crippen LogP contribution >= 0.6 is 0 Å². The summed E-state index contributed by atoms with van der Waals surface area (Å²) in [4.78, 5) is 0. The number of alkyl halides is 3. The highest BCUT2D eigenvalue weighted by Crippen LogP contribution is 2.37. The van der Waals surface area contributed by atoms with Crippen LogP contribution in [-0.2, 0) is 18.6 Å². The predicted octanol–water partition coefficient (Wildman–Crippen LogP) is 2.07. The maximum atomic E-state index is 12.7. The minimum Gasteiger partial charge on any atom is -0.330 e. The van der Waals surface area contributed by atoms with Crippen LogP contribution in [0.3, 0.4) is 0 Å². The van der Waals surface area contributed by atoms with Gasteiger partial charge in [-0.25, -0.2) is 0 Å². The third kappa shape index (κ3) is 2.55. The van der Waals surface area contributed by atoms with E-state index >= 15 is 0 Å². The fourth-order valence-electron chi connectivity index (χ4n) is 1.69.